The molecule has 1 unspecified atom stereocenters. The van der Waals surface area contributed by atoms with E-state index in [-0.39, 0.29) is 6.04 Å². The molecule has 90 valence electrons. The van der Waals surface area contributed by atoms with Crippen LogP contribution < -0.4 is 5.32 Å². The summed E-state index contributed by atoms with van der Waals surface area (Å²) in [5, 5.41) is 7.67. The van der Waals surface area contributed by atoms with Crippen LogP contribution in [0.4, 0.5) is 0 Å². The maximum absolute atomic E-state index is 4.26. The minimum Gasteiger partial charge on any atom is -0.304 e. The average molecular weight is 231 g/mol. The standard InChI is InChI=1S/C12H17N5/c1-3-17-8-11(6-16-17)10(2)14-7-12-4-5-13-9-15-12/h4-6,8-10,14H,3,7H2,1-2H3. The first-order valence-corrected chi connectivity index (χ1v) is 5.80. The van der Waals surface area contributed by atoms with Crippen molar-refractivity contribution in [1.82, 2.24) is 25.1 Å². The molecule has 2 rings (SSSR count). The zero-order valence-electron chi connectivity index (χ0n) is 10.2. The second-order valence-corrected chi connectivity index (χ2v) is 3.93. The number of aromatic nitrogens is 4. The van der Waals surface area contributed by atoms with Crippen LogP contribution in [0.1, 0.15) is 31.1 Å². The number of rotatable bonds is 5. The molecular formula is C12H17N5. The fourth-order valence-electron chi connectivity index (χ4n) is 1.57. The Hall–Kier alpha value is -1.75. The SMILES string of the molecule is CCn1cc(C(C)NCc2ccncn2)cn1. The molecule has 1 N–H and O–H groups in total. The topological polar surface area (TPSA) is 55.6 Å². The summed E-state index contributed by atoms with van der Waals surface area (Å²) >= 11 is 0. The van der Waals surface area contributed by atoms with Gasteiger partial charge in [-0.3, -0.25) is 4.68 Å². The average Bonchev–Trinajstić information content (AvgIpc) is 2.86. The Balaban J connectivity index is 1.91. The summed E-state index contributed by atoms with van der Waals surface area (Å²) in [4.78, 5) is 8.06. The highest BCUT2D eigenvalue weighted by molar-refractivity contribution is 5.09. The largest absolute Gasteiger partial charge is 0.304 e. The van der Waals surface area contributed by atoms with Gasteiger partial charge in [-0.1, -0.05) is 0 Å². The predicted molar refractivity (Wildman–Crippen MR) is 65.2 cm³/mol. The summed E-state index contributed by atoms with van der Waals surface area (Å²) in [7, 11) is 0. The van der Waals surface area contributed by atoms with Gasteiger partial charge in [0, 0.05) is 37.1 Å². The van der Waals surface area contributed by atoms with Crippen LogP contribution in [0.2, 0.25) is 0 Å². The Morgan fingerprint density at radius 1 is 1.47 bits per heavy atom. The second kappa shape index (κ2) is 5.54. The third-order valence-electron chi connectivity index (χ3n) is 2.71. The number of hydrogen-bond acceptors (Lipinski definition) is 4. The van der Waals surface area contributed by atoms with Gasteiger partial charge in [0.25, 0.3) is 0 Å². The van der Waals surface area contributed by atoms with Gasteiger partial charge < -0.3 is 5.32 Å². The van der Waals surface area contributed by atoms with Crippen LogP contribution in [0, 0.1) is 0 Å². The van der Waals surface area contributed by atoms with Crippen LogP contribution in [0.5, 0.6) is 0 Å². The highest BCUT2D eigenvalue weighted by Gasteiger charge is 2.07. The third kappa shape index (κ3) is 3.10. The van der Waals surface area contributed by atoms with E-state index in [9.17, 15) is 0 Å². The summed E-state index contributed by atoms with van der Waals surface area (Å²) in [5.74, 6) is 0. The molecule has 17 heavy (non-hydrogen) atoms. The Morgan fingerprint density at radius 2 is 2.35 bits per heavy atom. The predicted octanol–water partition coefficient (Wildman–Crippen LogP) is 1.54. The normalized spacial score (nSPS) is 12.6. The van der Waals surface area contributed by atoms with Crippen LogP contribution in [-0.2, 0) is 13.1 Å². The van der Waals surface area contributed by atoms with E-state index >= 15 is 0 Å². The van der Waals surface area contributed by atoms with Crippen molar-refractivity contribution in [2.24, 2.45) is 0 Å². The van der Waals surface area contributed by atoms with Gasteiger partial charge in [-0.2, -0.15) is 5.10 Å². The molecule has 0 aliphatic rings. The van der Waals surface area contributed by atoms with Gasteiger partial charge in [0.1, 0.15) is 6.33 Å². The first-order valence-electron chi connectivity index (χ1n) is 5.80. The molecule has 0 aliphatic heterocycles. The Kier molecular flexibility index (Phi) is 3.82. The van der Waals surface area contributed by atoms with Crippen LogP contribution in [0.15, 0.2) is 31.0 Å². The summed E-state index contributed by atoms with van der Waals surface area (Å²) in [6.07, 6.45) is 7.29. The Morgan fingerprint density at radius 3 is 3.00 bits per heavy atom. The molecule has 0 bridgehead atoms. The molecule has 0 aromatic carbocycles. The van der Waals surface area contributed by atoms with E-state index in [2.05, 4.69) is 40.4 Å². The summed E-state index contributed by atoms with van der Waals surface area (Å²) in [6, 6.07) is 2.18. The van der Waals surface area contributed by atoms with E-state index < -0.39 is 0 Å². The summed E-state index contributed by atoms with van der Waals surface area (Å²) in [5.41, 5.74) is 2.19. The van der Waals surface area contributed by atoms with Gasteiger partial charge in [-0.25, -0.2) is 9.97 Å². The van der Waals surface area contributed by atoms with Crippen LogP contribution in [-0.4, -0.2) is 19.7 Å². The molecule has 0 amide bonds. The van der Waals surface area contributed by atoms with Crippen molar-refractivity contribution in [3.8, 4) is 0 Å². The minimum absolute atomic E-state index is 0.269. The van der Waals surface area contributed by atoms with Crippen LogP contribution in [0.25, 0.3) is 0 Å². The first kappa shape index (κ1) is 11.7. The molecule has 2 aromatic rings. The maximum atomic E-state index is 4.26. The maximum Gasteiger partial charge on any atom is 0.115 e. The lowest BCUT2D eigenvalue weighted by atomic mass is 10.2. The highest BCUT2D eigenvalue weighted by atomic mass is 15.3. The molecule has 0 saturated heterocycles. The summed E-state index contributed by atoms with van der Waals surface area (Å²) < 4.78 is 1.93. The Labute approximate surface area is 101 Å². The van der Waals surface area contributed by atoms with E-state index in [0.29, 0.717) is 0 Å². The van der Waals surface area contributed by atoms with Gasteiger partial charge in [0.2, 0.25) is 0 Å². The quantitative estimate of drug-likeness (QED) is 0.848. The molecule has 0 radical (unpaired) electrons. The van der Waals surface area contributed by atoms with Gasteiger partial charge in [-0.15, -0.1) is 0 Å². The Bertz CT molecular complexity index is 451. The fraction of sp³-hybridized carbons (Fsp3) is 0.417. The molecular weight excluding hydrogens is 214 g/mol. The van der Waals surface area contributed by atoms with Gasteiger partial charge in [0.15, 0.2) is 0 Å². The first-order chi connectivity index (χ1) is 8.29. The molecule has 2 heterocycles. The number of nitrogens with zero attached hydrogens (tertiary/aromatic N) is 4. The van der Waals surface area contributed by atoms with Gasteiger partial charge in [-0.05, 0) is 19.9 Å². The molecule has 5 heteroatoms. The lowest BCUT2D eigenvalue weighted by Crippen LogP contribution is -2.18. The van der Waals surface area contributed by atoms with Crippen molar-refractivity contribution in [3.05, 3.63) is 42.2 Å². The molecule has 2 aromatic heterocycles. The van der Waals surface area contributed by atoms with E-state index in [4.69, 9.17) is 0 Å². The van der Waals surface area contributed by atoms with Crippen molar-refractivity contribution in [1.29, 1.82) is 0 Å². The monoisotopic (exact) mass is 231 g/mol. The van der Waals surface area contributed by atoms with Crippen molar-refractivity contribution in [3.63, 3.8) is 0 Å². The zero-order valence-corrected chi connectivity index (χ0v) is 10.2. The smallest absolute Gasteiger partial charge is 0.115 e. The number of aryl methyl sites for hydroxylation is 1. The molecule has 1 atom stereocenters. The van der Waals surface area contributed by atoms with Gasteiger partial charge >= 0.3 is 0 Å². The van der Waals surface area contributed by atoms with E-state index in [1.807, 2.05) is 16.9 Å². The third-order valence-corrected chi connectivity index (χ3v) is 2.71. The molecule has 0 saturated carbocycles. The molecule has 5 nitrogen and oxygen atoms in total. The van der Waals surface area contributed by atoms with Gasteiger partial charge in [0.05, 0.1) is 11.9 Å². The lowest BCUT2D eigenvalue weighted by molar-refractivity contribution is 0.565. The highest BCUT2D eigenvalue weighted by Crippen LogP contribution is 2.11. The van der Waals surface area contributed by atoms with Crippen molar-refractivity contribution in [2.45, 2.75) is 33.0 Å². The van der Waals surface area contributed by atoms with E-state index in [0.717, 1.165) is 18.8 Å². The van der Waals surface area contributed by atoms with Crippen molar-refractivity contribution >= 4 is 0 Å². The van der Waals surface area contributed by atoms with E-state index in [1.165, 1.54) is 5.56 Å². The van der Waals surface area contributed by atoms with Crippen molar-refractivity contribution in [2.75, 3.05) is 0 Å². The molecule has 0 fully saturated rings. The summed E-state index contributed by atoms with van der Waals surface area (Å²) in [6.45, 7) is 5.84. The zero-order chi connectivity index (χ0) is 12.1. The minimum atomic E-state index is 0.269. The molecule has 0 aliphatic carbocycles. The van der Waals surface area contributed by atoms with Crippen LogP contribution >= 0.6 is 0 Å². The fourth-order valence-corrected chi connectivity index (χ4v) is 1.57. The van der Waals surface area contributed by atoms with Crippen molar-refractivity contribution < 1.29 is 0 Å². The number of hydrogen-bond donors (Lipinski definition) is 1. The van der Waals surface area contributed by atoms with E-state index in [1.54, 1.807) is 12.5 Å². The number of nitrogens with one attached hydrogen (secondary N) is 1. The molecule has 0 spiro atoms. The van der Waals surface area contributed by atoms with Crippen LogP contribution in [0.3, 0.4) is 0 Å². The second-order valence-electron chi connectivity index (χ2n) is 3.93. The lowest BCUT2D eigenvalue weighted by Gasteiger charge is -2.11.